The Bertz CT molecular complexity index is 572. The van der Waals surface area contributed by atoms with Crippen molar-refractivity contribution in [3.63, 3.8) is 0 Å². The van der Waals surface area contributed by atoms with Gasteiger partial charge >= 0.3 is 0 Å². The molecule has 0 spiro atoms. The van der Waals surface area contributed by atoms with Gasteiger partial charge in [0.25, 0.3) is 11.7 Å². The van der Waals surface area contributed by atoms with Crippen LogP contribution in [0.4, 0.5) is 11.4 Å². The lowest BCUT2D eigenvalue weighted by atomic mass is 10.1. The van der Waals surface area contributed by atoms with Crippen LogP contribution in [0, 0.1) is 5.92 Å². The summed E-state index contributed by atoms with van der Waals surface area (Å²) in [6, 6.07) is 3.32. The smallest absolute Gasteiger partial charge is 0.296 e. The van der Waals surface area contributed by atoms with Crippen molar-refractivity contribution in [1.29, 1.82) is 0 Å². The van der Waals surface area contributed by atoms with E-state index >= 15 is 0 Å². The monoisotopic (exact) mass is 310 g/mol. The Morgan fingerprint density at radius 1 is 1.33 bits per heavy atom. The average molecular weight is 311 g/mol. The number of hydrogen-bond donors (Lipinski definition) is 1. The molecule has 1 heterocycles. The van der Waals surface area contributed by atoms with Crippen molar-refractivity contribution in [1.82, 2.24) is 0 Å². The number of carbonyl (C=O) groups excluding carboxylic acids is 2. The first-order valence-electron chi connectivity index (χ1n) is 6.87. The van der Waals surface area contributed by atoms with Gasteiger partial charge in [0.15, 0.2) is 0 Å². The third-order valence-corrected chi connectivity index (χ3v) is 3.58. The summed E-state index contributed by atoms with van der Waals surface area (Å²) in [4.78, 5) is 25.2. The first-order chi connectivity index (χ1) is 9.93. The second-order valence-electron chi connectivity index (χ2n) is 5.47. The molecule has 21 heavy (non-hydrogen) atoms. The van der Waals surface area contributed by atoms with Crippen LogP contribution in [0.1, 0.15) is 24.2 Å². The van der Waals surface area contributed by atoms with Crippen molar-refractivity contribution in [2.24, 2.45) is 5.92 Å². The van der Waals surface area contributed by atoms with E-state index in [4.69, 9.17) is 16.3 Å². The quantitative estimate of drug-likeness (QED) is 0.821. The van der Waals surface area contributed by atoms with Crippen LogP contribution in [0.2, 0.25) is 5.02 Å². The van der Waals surface area contributed by atoms with Gasteiger partial charge < -0.3 is 15.0 Å². The maximum absolute atomic E-state index is 11.7. The summed E-state index contributed by atoms with van der Waals surface area (Å²) in [5.41, 5.74) is 1.66. The third-order valence-electron chi connectivity index (χ3n) is 3.28. The van der Waals surface area contributed by atoms with Crippen molar-refractivity contribution >= 4 is 34.7 Å². The highest BCUT2D eigenvalue weighted by atomic mass is 35.5. The highest BCUT2D eigenvalue weighted by molar-refractivity contribution is 6.52. The highest BCUT2D eigenvalue weighted by Crippen LogP contribution is 2.35. The number of benzene rings is 1. The van der Waals surface area contributed by atoms with Crippen LogP contribution in [-0.2, 0) is 9.53 Å². The molecular weight excluding hydrogens is 292 g/mol. The van der Waals surface area contributed by atoms with E-state index in [2.05, 4.69) is 24.1 Å². The molecule has 0 saturated heterocycles. The number of methoxy groups -OCH3 is 1. The Kier molecular flexibility index (Phi) is 4.85. The lowest BCUT2D eigenvalue weighted by Gasteiger charge is -2.27. The first kappa shape index (κ1) is 15.8. The second-order valence-corrected chi connectivity index (χ2v) is 5.87. The molecule has 114 valence electrons. The lowest BCUT2D eigenvalue weighted by molar-refractivity contribution is -0.112. The number of nitrogens with zero attached hydrogens (tertiary/aromatic N) is 1. The number of ether oxygens (including phenoxy) is 1. The fourth-order valence-corrected chi connectivity index (χ4v) is 2.63. The van der Waals surface area contributed by atoms with Crippen LogP contribution in [-0.4, -0.2) is 38.5 Å². The summed E-state index contributed by atoms with van der Waals surface area (Å²) in [5.74, 6) is -0.696. The number of nitrogens with one attached hydrogen (secondary N) is 1. The van der Waals surface area contributed by atoms with Gasteiger partial charge in [-0.2, -0.15) is 0 Å². The van der Waals surface area contributed by atoms with Crippen LogP contribution in [0.5, 0.6) is 0 Å². The summed E-state index contributed by atoms with van der Waals surface area (Å²) in [6.45, 7) is 6.31. The van der Waals surface area contributed by atoms with E-state index in [0.29, 0.717) is 35.3 Å². The van der Waals surface area contributed by atoms with E-state index in [1.54, 1.807) is 19.2 Å². The number of ketones is 1. The van der Waals surface area contributed by atoms with Gasteiger partial charge in [0.05, 0.1) is 28.6 Å². The van der Waals surface area contributed by atoms with Gasteiger partial charge in [-0.1, -0.05) is 25.4 Å². The molecule has 0 unspecified atom stereocenters. The number of rotatable bonds is 6. The fourth-order valence-electron chi connectivity index (χ4n) is 2.35. The molecular formula is C15H19ClN2O3. The Morgan fingerprint density at radius 3 is 2.67 bits per heavy atom. The Morgan fingerprint density at radius 2 is 2.05 bits per heavy atom. The molecule has 1 N–H and O–H groups in total. The molecule has 0 aliphatic carbocycles. The molecule has 1 aromatic carbocycles. The summed E-state index contributed by atoms with van der Waals surface area (Å²) in [6.07, 6.45) is 0. The number of hydrogen-bond acceptors (Lipinski definition) is 4. The van der Waals surface area contributed by atoms with Crippen molar-refractivity contribution in [2.75, 3.05) is 37.0 Å². The zero-order valence-corrected chi connectivity index (χ0v) is 13.2. The predicted octanol–water partition coefficient (Wildman–Crippen LogP) is 2.58. The number of amides is 1. The standard InChI is InChI=1S/C15H19ClN2O3/c1-9(2)8-18(4-5-21-3)13-7-12-10(6-11(13)16)14(19)15(20)17-12/h6-7,9H,4-5,8H2,1-3H3,(H,17,19,20). The number of anilines is 2. The van der Waals surface area contributed by atoms with Crippen LogP contribution >= 0.6 is 11.6 Å². The molecule has 0 saturated carbocycles. The average Bonchev–Trinajstić information content (AvgIpc) is 2.69. The number of Topliss-reactive ketones (excluding diaryl/α,β-unsaturated/α-hetero) is 1. The van der Waals surface area contributed by atoms with Gasteiger partial charge in [-0.15, -0.1) is 0 Å². The lowest BCUT2D eigenvalue weighted by Crippen LogP contribution is -2.31. The second kappa shape index (κ2) is 6.45. The van der Waals surface area contributed by atoms with Crippen LogP contribution < -0.4 is 10.2 Å². The largest absolute Gasteiger partial charge is 0.383 e. The van der Waals surface area contributed by atoms with Crippen molar-refractivity contribution in [2.45, 2.75) is 13.8 Å². The van der Waals surface area contributed by atoms with Gasteiger partial charge in [0.2, 0.25) is 0 Å². The molecule has 0 atom stereocenters. The molecule has 0 radical (unpaired) electrons. The minimum absolute atomic E-state index is 0.338. The molecule has 1 aromatic rings. The van der Waals surface area contributed by atoms with Gasteiger partial charge in [0.1, 0.15) is 0 Å². The number of halogens is 1. The van der Waals surface area contributed by atoms with Crippen LogP contribution in [0.3, 0.4) is 0 Å². The molecule has 2 rings (SSSR count). The predicted molar refractivity (Wildman–Crippen MR) is 83.3 cm³/mol. The van der Waals surface area contributed by atoms with E-state index in [1.807, 2.05) is 0 Å². The maximum Gasteiger partial charge on any atom is 0.296 e. The highest BCUT2D eigenvalue weighted by Gasteiger charge is 2.29. The van der Waals surface area contributed by atoms with Gasteiger partial charge in [-0.25, -0.2) is 0 Å². The topological polar surface area (TPSA) is 58.6 Å². The van der Waals surface area contributed by atoms with Gasteiger partial charge in [-0.05, 0) is 18.1 Å². The molecule has 1 aliphatic rings. The summed E-state index contributed by atoms with van der Waals surface area (Å²) in [5, 5.41) is 3.04. The molecule has 0 bridgehead atoms. The fraction of sp³-hybridized carbons (Fsp3) is 0.467. The SMILES string of the molecule is COCCN(CC(C)C)c1cc2c(cc1Cl)C(=O)C(=O)N2. The summed E-state index contributed by atoms with van der Waals surface area (Å²) in [7, 11) is 1.65. The summed E-state index contributed by atoms with van der Waals surface area (Å²) >= 11 is 6.30. The number of fused-ring (bicyclic) bond motifs is 1. The Hall–Kier alpha value is -1.59. The molecule has 5 nitrogen and oxygen atoms in total. The molecule has 0 fully saturated rings. The normalized spacial score (nSPS) is 13.6. The van der Waals surface area contributed by atoms with E-state index in [-0.39, 0.29) is 0 Å². The van der Waals surface area contributed by atoms with E-state index in [9.17, 15) is 9.59 Å². The first-order valence-corrected chi connectivity index (χ1v) is 7.25. The Balaban J connectivity index is 2.35. The van der Waals surface area contributed by atoms with E-state index < -0.39 is 11.7 Å². The zero-order chi connectivity index (χ0) is 15.6. The summed E-state index contributed by atoms with van der Waals surface area (Å²) < 4.78 is 5.13. The van der Waals surface area contributed by atoms with E-state index in [0.717, 1.165) is 12.2 Å². The maximum atomic E-state index is 11.7. The van der Waals surface area contributed by atoms with Crippen molar-refractivity contribution in [3.05, 3.63) is 22.7 Å². The van der Waals surface area contributed by atoms with Crippen molar-refractivity contribution < 1.29 is 14.3 Å². The van der Waals surface area contributed by atoms with E-state index in [1.165, 1.54) is 0 Å². The zero-order valence-electron chi connectivity index (χ0n) is 12.4. The van der Waals surface area contributed by atoms with Crippen LogP contribution in [0.15, 0.2) is 12.1 Å². The van der Waals surface area contributed by atoms with Crippen LogP contribution in [0.25, 0.3) is 0 Å². The number of carbonyl (C=O) groups is 2. The van der Waals surface area contributed by atoms with Gasteiger partial charge in [0, 0.05) is 20.2 Å². The molecule has 1 aliphatic heterocycles. The minimum Gasteiger partial charge on any atom is -0.383 e. The minimum atomic E-state index is -0.606. The van der Waals surface area contributed by atoms with Crippen molar-refractivity contribution in [3.8, 4) is 0 Å². The molecule has 0 aromatic heterocycles. The molecule has 6 heteroatoms. The third kappa shape index (κ3) is 3.36. The Labute approximate surface area is 129 Å². The van der Waals surface area contributed by atoms with Gasteiger partial charge in [-0.3, -0.25) is 9.59 Å². The molecule has 1 amide bonds.